The zero-order chi connectivity index (χ0) is 15.2. The number of benzene rings is 1. The van der Waals surface area contributed by atoms with Gasteiger partial charge in [0.05, 0.1) is 5.56 Å². The zero-order valence-corrected chi connectivity index (χ0v) is 12.6. The number of hydrogen-bond acceptors (Lipinski definition) is 3. The molecule has 2 rings (SSSR count). The van der Waals surface area contributed by atoms with Crippen molar-refractivity contribution in [1.82, 2.24) is 4.98 Å². The second kappa shape index (κ2) is 6.99. The molecule has 0 spiro atoms. The van der Waals surface area contributed by atoms with E-state index < -0.39 is 5.97 Å². The minimum atomic E-state index is -0.868. The van der Waals surface area contributed by atoms with Gasteiger partial charge in [-0.2, -0.15) is 0 Å². The lowest BCUT2D eigenvalue weighted by Gasteiger charge is -2.10. The molecular formula is C15H13BrN2O3. The van der Waals surface area contributed by atoms with Gasteiger partial charge in [-0.25, -0.2) is 0 Å². The third-order valence-electron chi connectivity index (χ3n) is 2.84. The molecule has 2 N–H and O–H groups in total. The molecule has 5 nitrogen and oxygen atoms in total. The normalized spacial score (nSPS) is 10.1. The SMILES string of the molecule is O=C(O)CCc1ccccc1NC(=O)c1cncc(Br)c1. The fraction of sp³-hybridized carbons (Fsp3) is 0.133. The number of para-hydroxylation sites is 1. The summed E-state index contributed by atoms with van der Waals surface area (Å²) >= 11 is 3.26. The van der Waals surface area contributed by atoms with Gasteiger partial charge in [-0.3, -0.25) is 14.6 Å². The highest BCUT2D eigenvalue weighted by Gasteiger charge is 2.10. The number of rotatable bonds is 5. The molecule has 6 heteroatoms. The van der Waals surface area contributed by atoms with Crippen LogP contribution >= 0.6 is 15.9 Å². The first kappa shape index (κ1) is 15.2. The summed E-state index contributed by atoms with van der Waals surface area (Å²) in [4.78, 5) is 26.8. The minimum Gasteiger partial charge on any atom is -0.481 e. The van der Waals surface area contributed by atoms with Crippen LogP contribution in [0.4, 0.5) is 5.69 Å². The van der Waals surface area contributed by atoms with Crippen molar-refractivity contribution in [1.29, 1.82) is 0 Å². The van der Waals surface area contributed by atoms with Crippen LogP contribution in [0.2, 0.25) is 0 Å². The highest BCUT2D eigenvalue weighted by molar-refractivity contribution is 9.10. The second-order valence-corrected chi connectivity index (χ2v) is 5.31. The topological polar surface area (TPSA) is 79.3 Å². The standard InChI is InChI=1S/C15H13BrN2O3/c16-12-7-11(8-17-9-12)15(21)18-13-4-2-1-3-10(13)5-6-14(19)20/h1-4,7-9H,5-6H2,(H,18,21)(H,19,20). The monoisotopic (exact) mass is 348 g/mol. The van der Waals surface area contributed by atoms with Gasteiger partial charge in [0.2, 0.25) is 0 Å². The lowest BCUT2D eigenvalue weighted by molar-refractivity contribution is -0.136. The van der Waals surface area contributed by atoms with Gasteiger partial charge in [-0.15, -0.1) is 0 Å². The maximum Gasteiger partial charge on any atom is 0.303 e. The molecule has 1 aromatic carbocycles. The molecule has 0 aliphatic carbocycles. The Morgan fingerprint density at radius 3 is 2.71 bits per heavy atom. The number of aliphatic carboxylic acids is 1. The number of halogens is 1. The maximum absolute atomic E-state index is 12.2. The summed E-state index contributed by atoms with van der Waals surface area (Å²) in [5.41, 5.74) is 1.83. The van der Waals surface area contributed by atoms with Crippen molar-refractivity contribution >= 4 is 33.5 Å². The van der Waals surface area contributed by atoms with Crippen molar-refractivity contribution in [2.45, 2.75) is 12.8 Å². The van der Waals surface area contributed by atoms with Gasteiger partial charge >= 0.3 is 5.97 Å². The first-order chi connectivity index (χ1) is 10.1. The van der Waals surface area contributed by atoms with Crippen molar-refractivity contribution in [2.75, 3.05) is 5.32 Å². The number of carbonyl (C=O) groups excluding carboxylic acids is 1. The van der Waals surface area contributed by atoms with E-state index in [-0.39, 0.29) is 12.3 Å². The minimum absolute atomic E-state index is 0.0192. The molecule has 2 aromatic rings. The van der Waals surface area contributed by atoms with Crippen molar-refractivity contribution in [3.05, 3.63) is 58.3 Å². The second-order valence-electron chi connectivity index (χ2n) is 4.40. The average Bonchev–Trinajstić information content (AvgIpc) is 2.46. The Kier molecular flexibility index (Phi) is 5.05. The molecule has 0 bridgehead atoms. The third-order valence-corrected chi connectivity index (χ3v) is 3.27. The lowest BCUT2D eigenvalue weighted by atomic mass is 10.1. The molecule has 108 valence electrons. The fourth-order valence-corrected chi connectivity index (χ4v) is 2.20. The molecule has 1 heterocycles. The molecule has 1 amide bonds. The van der Waals surface area contributed by atoms with Crippen molar-refractivity contribution in [3.8, 4) is 0 Å². The number of aryl methyl sites for hydroxylation is 1. The number of anilines is 1. The molecule has 0 aliphatic heterocycles. The quantitative estimate of drug-likeness (QED) is 0.869. The first-order valence-corrected chi connectivity index (χ1v) is 7.07. The van der Waals surface area contributed by atoms with Crippen LogP contribution in [-0.2, 0) is 11.2 Å². The molecule has 1 aromatic heterocycles. The van der Waals surface area contributed by atoms with Gasteiger partial charge in [-0.1, -0.05) is 18.2 Å². The Morgan fingerprint density at radius 1 is 1.24 bits per heavy atom. The van der Waals surface area contributed by atoms with Crippen molar-refractivity contribution in [2.24, 2.45) is 0 Å². The summed E-state index contributed by atoms with van der Waals surface area (Å²) in [5, 5.41) is 11.5. The summed E-state index contributed by atoms with van der Waals surface area (Å²) in [6.07, 6.45) is 3.45. The summed E-state index contributed by atoms with van der Waals surface area (Å²) in [6, 6.07) is 8.83. The van der Waals surface area contributed by atoms with E-state index in [0.29, 0.717) is 22.1 Å². The number of hydrogen-bond donors (Lipinski definition) is 2. The van der Waals surface area contributed by atoms with E-state index in [1.165, 1.54) is 6.20 Å². The number of aromatic nitrogens is 1. The van der Waals surface area contributed by atoms with Crippen LogP contribution in [0.15, 0.2) is 47.2 Å². The van der Waals surface area contributed by atoms with Gasteiger partial charge in [0, 0.05) is 29.0 Å². The predicted molar refractivity (Wildman–Crippen MR) is 82.3 cm³/mol. The van der Waals surface area contributed by atoms with Crippen LogP contribution in [0.25, 0.3) is 0 Å². The number of nitrogens with zero attached hydrogens (tertiary/aromatic N) is 1. The number of carbonyl (C=O) groups is 2. The van der Waals surface area contributed by atoms with Gasteiger partial charge in [-0.05, 0) is 40.0 Å². The largest absolute Gasteiger partial charge is 0.481 e. The van der Waals surface area contributed by atoms with E-state index in [1.807, 2.05) is 6.07 Å². The smallest absolute Gasteiger partial charge is 0.303 e. The van der Waals surface area contributed by atoms with Crippen LogP contribution in [0.1, 0.15) is 22.3 Å². The lowest BCUT2D eigenvalue weighted by Crippen LogP contribution is -2.14. The highest BCUT2D eigenvalue weighted by Crippen LogP contribution is 2.18. The maximum atomic E-state index is 12.2. The van der Waals surface area contributed by atoms with E-state index in [9.17, 15) is 9.59 Å². The Balaban J connectivity index is 2.15. The van der Waals surface area contributed by atoms with Crippen LogP contribution in [0.5, 0.6) is 0 Å². The molecule has 0 radical (unpaired) electrons. The van der Waals surface area contributed by atoms with E-state index in [0.717, 1.165) is 5.56 Å². The van der Waals surface area contributed by atoms with Gasteiger partial charge in [0.15, 0.2) is 0 Å². The first-order valence-electron chi connectivity index (χ1n) is 6.28. The Hall–Kier alpha value is -2.21. The third kappa shape index (κ3) is 4.39. The summed E-state index contributed by atoms with van der Waals surface area (Å²) in [6.45, 7) is 0. The fourth-order valence-electron chi connectivity index (χ4n) is 1.83. The average molecular weight is 349 g/mol. The van der Waals surface area contributed by atoms with Crippen LogP contribution in [0.3, 0.4) is 0 Å². The number of carboxylic acids is 1. The summed E-state index contributed by atoms with van der Waals surface area (Å²) in [5.74, 6) is -1.15. The number of amides is 1. The molecule has 0 saturated heterocycles. The van der Waals surface area contributed by atoms with Crippen molar-refractivity contribution in [3.63, 3.8) is 0 Å². The van der Waals surface area contributed by atoms with Gasteiger partial charge in [0.1, 0.15) is 0 Å². The molecule has 0 saturated carbocycles. The van der Waals surface area contributed by atoms with Crippen LogP contribution in [-0.4, -0.2) is 22.0 Å². The van der Waals surface area contributed by atoms with Gasteiger partial charge < -0.3 is 10.4 Å². The Labute approximate surface area is 130 Å². The molecule has 0 unspecified atom stereocenters. The van der Waals surface area contributed by atoms with E-state index in [2.05, 4.69) is 26.2 Å². The van der Waals surface area contributed by atoms with Gasteiger partial charge in [0.25, 0.3) is 5.91 Å². The number of carboxylic acid groups (broad SMARTS) is 1. The Morgan fingerprint density at radius 2 is 2.00 bits per heavy atom. The molecular weight excluding hydrogens is 336 g/mol. The van der Waals surface area contributed by atoms with E-state index in [4.69, 9.17) is 5.11 Å². The number of nitrogens with one attached hydrogen (secondary N) is 1. The molecule has 0 atom stereocenters. The summed E-state index contributed by atoms with van der Waals surface area (Å²) < 4.78 is 0.717. The molecule has 21 heavy (non-hydrogen) atoms. The predicted octanol–water partition coefficient (Wildman–Crippen LogP) is 3.11. The molecule has 0 aliphatic rings. The number of pyridine rings is 1. The van der Waals surface area contributed by atoms with Crippen molar-refractivity contribution < 1.29 is 14.7 Å². The molecule has 0 fully saturated rings. The van der Waals surface area contributed by atoms with E-state index >= 15 is 0 Å². The van der Waals surface area contributed by atoms with Crippen LogP contribution < -0.4 is 5.32 Å². The Bertz CT molecular complexity index is 673. The highest BCUT2D eigenvalue weighted by atomic mass is 79.9. The summed E-state index contributed by atoms with van der Waals surface area (Å²) in [7, 11) is 0. The van der Waals surface area contributed by atoms with E-state index in [1.54, 1.807) is 30.5 Å². The van der Waals surface area contributed by atoms with Crippen LogP contribution in [0, 0.1) is 0 Å². The zero-order valence-electron chi connectivity index (χ0n) is 11.0.